The number of benzene rings is 2. The van der Waals surface area contributed by atoms with Gasteiger partial charge in [-0.1, -0.05) is 35.2 Å². The fourth-order valence-electron chi connectivity index (χ4n) is 2.48. The van der Waals surface area contributed by atoms with Gasteiger partial charge in [-0.15, -0.1) is 6.42 Å². The number of carbonyl (C=O) groups excluding carboxylic acids is 1. The van der Waals surface area contributed by atoms with E-state index in [2.05, 4.69) is 16.2 Å². The molecule has 2 aromatic carbocycles. The molecule has 5 nitrogen and oxygen atoms in total. The summed E-state index contributed by atoms with van der Waals surface area (Å²) < 4.78 is 11.1. The van der Waals surface area contributed by atoms with Crippen molar-refractivity contribution < 1.29 is 14.3 Å². The molecule has 1 fully saturated rings. The normalized spacial score (nSPS) is 16.0. The van der Waals surface area contributed by atoms with Crippen LogP contribution in [0.4, 0.5) is 5.69 Å². The number of nitrogens with zero attached hydrogens (tertiary/aromatic N) is 1. The summed E-state index contributed by atoms with van der Waals surface area (Å²) in [6, 6.07) is 10.5. The molecule has 0 spiro atoms. The van der Waals surface area contributed by atoms with E-state index >= 15 is 0 Å². The Morgan fingerprint density at radius 3 is 2.83 bits per heavy atom. The van der Waals surface area contributed by atoms with E-state index in [0.717, 1.165) is 0 Å². The Balaban J connectivity index is 1.87. The topological polar surface area (TPSA) is 59.9 Å². The highest BCUT2D eigenvalue weighted by molar-refractivity contribution is 8.18. The Morgan fingerprint density at radius 2 is 2.10 bits per heavy atom. The van der Waals surface area contributed by atoms with Crippen LogP contribution in [0.3, 0.4) is 0 Å². The zero-order chi connectivity index (χ0) is 20.8. The van der Waals surface area contributed by atoms with Crippen molar-refractivity contribution in [2.24, 2.45) is 4.99 Å². The molecule has 29 heavy (non-hydrogen) atoms. The van der Waals surface area contributed by atoms with E-state index in [1.54, 1.807) is 42.5 Å². The van der Waals surface area contributed by atoms with Crippen molar-refractivity contribution in [3.63, 3.8) is 0 Å². The number of terminal acetylenes is 1. The average molecular weight is 447 g/mol. The number of aliphatic imine (C=N–C) groups is 1. The van der Waals surface area contributed by atoms with E-state index in [1.807, 2.05) is 6.92 Å². The number of halogens is 2. The van der Waals surface area contributed by atoms with Gasteiger partial charge >= 0.3 is 0 Å². The number of carbonyl (C=O) groups is 1. The highest BCUT2D eigenvalue weighted by atomic mass is 35.5. The second kappa shape index (κ2) is 9.75. The maximum Gasteiger partial charge on any atom is 0.264 e. The molecule has 0 aliphatic carbocycles. The van der Waals surface area contributed by atoms with Crippen LogP contribution in [0.15, 0.2) is 46.3 Å². The van der Waals surface area contributed by atoms with E-state index in [1.165, 1.54) is 11.8 Å². The van der Waals surface area contributed by atoms with Crippen molar-refractivity contribution >= 4 is 57.8 Å². The highest BCUT2D eigenvalue weighted by Gasteiger charge is 2.24. The third-order valence-corrected chi connectivity index (χ3v) is 5.04. The van der Waals surface area contributed by atoms with Crippen molar-refractivity contribution in [2.75, 3.05) is 13.2 Å². The zero-order valence-electron chi connectivity index (χ0n) is 15.4. The first-order valence-corrected chi connectivity index (χ1v) is 10.1. The molecule has 1 aliphatic heterocycles. The third-order valence-electron chi connectivity index (χ3n) is 3.62. The Kier molecular flexibility index (Phi) is 7.10. The lowest BCUT2D eigenvalue weighted by atomic mass is 10.2. The fraction of sp³-hybridized carbons (Fsp3) is 0.143. The molecule has 1 saturated heterocycles. The van der Waals surface area contributed by atoms with Gasteiger partial charge in [-0.25, -0.2) is 4.99 Å². The summed E-state index contributed by atoms with van der Waals surface area (Å²) in [7, 11) is 0. The molecule has 3 rings (SSSR count). The number of hydrogen-bond donors (Lipinski definition) is 1. The molecule has 0 unspecified atom stereocenters. The summed E-state index contributed by atoms with van der Waals surface area (Å²) in [5.74, 6) is 2.97. The second-order valence-corrected chi connectivity index (χ2v) is 7.59. The molecule has 0 atom stereocenters. The second-order valence-electron chi connectivity index (χ2n) is 5.72. The van der Waals surface area contributed by atoms with Crippen molar-refractivity contribution in [3.8, 4) is 23.8 Å². The van der Waals surface area contributed by atoms with Crippen LogP contribution < -0.4 is 14.8 Å². The summed E-state index contributed by atoms with van der Waals surface area (Å²) in [5, 5.41) is 4.12. The van der Waals surface area contributed by atoms with Gasteiger partial charge < -0.3 is 14.8 Å². The Bertz CT molecular complexity index is 1040. The van der Waals surface area contributed by atoms with Gasteiger partial charge in [-0.05, 0) is 60.7 Å². The Morgan fingerprint density at radius 1 is 1.28 bits per heavy atom. The molecule has 0 radical (unpaired) electrons. The van der Waals surface area contributed by atoms with Gasteiger partial charge in [0.05, 0.1) is 22.2 Å². The first-order chi connectivity index (χ1) is 14.0. The first-order valence-electron chi connectivity index (χ1n) is 8.58. The van der Waals surface area contributed by atoms with Crippen molar-refractivity contribution in [1.29, 1.82) is 0 Å². The van der Waals surface area contributed by atoms with Gasteiger partial charge in [-0.2, -0.15) is 0 Å². The van der Waals surface area contributed by atoms with Crippen molar-refractivity contribution in [1.82, 2.24) is 5.32 Å². The van der Waals surface area contributed by atoms with Gasteiger partial charge in [0.1, 0.15) is 6.61 Å². The van der Waals surface area contributed by atoms with Crippen LogP contribution in [-0.2, 0) is 4.79 Å². The van der Waals surface area contributed by atoms with E-state index in [-0.39, 0.29) is 12.5 Å². The quantitative estimate of drug-likeness (QED) is 0.483. The fourth-order valence-corrected chi connectivity index (χ4v) is 3.78. The number of hydrogen-bond acceptors (Lipinski definition) is 5. The van der Waals surface area contributed by atoms with Crippen LogP contribution in [0.1, 0.15) is 12.5 Å². The Hall–Kier alpha value is -2.59. The maximum absolute atomic E-state index is 12.3. The summed E-state index contributed by atoms with van der Waals surface area (Å²) in [5.41, 5.74) is 1.34. The number of amides is 1. The zero-order valence-corrected chi connectivity index (χ0v) is 17.7. The maximum atomic E-state index is 12.3. The molecular weight excluding hydrogens is 431 g/mol. The predicted octanol–water partition coefficient (Wildman–Crippen LogP) is 5.30. The molecule has 1 amide bonds. The van der Waals surface area contributed by atoms with Crippen LogP contribution in [-0.4, -0.2) is 24.3 Å². The molecule has 1 heterocycles. The minimum atomic E-state index is -0.252. The number of amidine groups is 1. The van der Waals surface area contributed by atoms with Gasteiger partial charge in [0.2, 0.25) is 0 Å². The molecule has 2 aromatic rings. The van der Waals surface area contributed by atoms with Gasteiger partial charge in [0.15, 0.2) is 16.7 Å². The summed E-state index contributed by atoms with van der Waals surface area (Å²) in [6.07, 6.45) is 6.96. The summed E-state index contributed by atoms with van der Waals surface area (Å²) >= 11 is 13.5. The van der Waals surface area contributed by atoms with Gasteiger partial charge in [0.25, 0.3) is 5.91 Å². The summed E-state index contributed by atoms with van der Waals surface area (Å²) in [6.45, 7) is 2.35. The predicted molar refractivity (Wildman–Crippen MR) is 119 cm³/mol. The molecule has 8 heteroatoms. The lowest BCUT2D eigenvalue weighted by Gasteiger charge is -2.13. The molecule has 148 valence electrons. The van der Waals surface area contributed by atoms with Crippen LogP contribution in [0.25, 0.3) is 6.08 Å². The van der Waals surface area contributed by atoms with Gasteiger partial charge in [-0.3, -0.25) is 4.79 Å². The van der Waals surface area contributed by atoms with Crippen molar-refractivity contribution in [3.05, 3.63) is 56.9 Å². The van der Waals surface area contributed by atoms with E-state index < -0.39 is 0 Å². The van der Waals surface area contributed by atoms with Crippen LogP contribution in [0.2, 0.25) is 10.0 Å². The third kappa shape index (κ3) is 5.48. The van der Waals surface area contributed by atoms with Crippen LogP contribution >= 0.6 is 35.0 Å². The van der Waals surface area contributed by atoms with E-state index in [0.29, 0.717) is 49.5 Å². The summed E-state index contributed by atoms with van der Waals surface area (Å²) in [4.78, 5) is 17.2. The molecule has 0 saturated carbocycles. The lowest BCUT2D eigenvalue weighted by Crippen LogP contribution is -2.19. The van der Waals surface area contributed by atoms with Gasteiger partial charge in [0, 0.05) is 5.02 Å². The number of rotatable bonds is 6. The smallest absolute Gasteiger partial charge is 0.264 e. The molecule has 1 aliphatic rings. The van der Waals surface area contributed by atoms with Crippen LogP contribution in [0.5, 0.6) is 11.5 Å². The minimum absolute atomic E-state index is 0.0712. The lowest BCUT2D eigenvalue weighted by molar-refractivity contribution is -0.115. The standard InChI is InChI=1S/C21H16Cl2N2O3S/c1-3-8-28-19-16(23)9-13(10-17(19)27-4-2)11-18-20(26)25-21(29-18)24-15-7-5-6-14(22)12-15/h1,5-7,9-12H,4,8H2,2H3,(H,24,25,26)/b18-11-. The van der Waals surface area contributed by atoms with E-state index in [4.69, 9.17) is 39.1 Å². The monoisotopic (exact) mass is 446 g/mol. The average Bonchev–Trinajstić information content (AvgIpc) is 3.00. The van der Waals surface area contributed by atoms with Crippen molar-refractivity contribution in [2.45, 2.75) is 6.92 Å². The van der Waals surface area contributed by atoms with Crippen LogP contribution in [0, 0.1) is 12.3 Å². The number of ether oxygens (including phenoxy) is 2. The SMILES string of the molecule is C#CCOc1c(Cl)cc(/C=C2\SC(=Nc3cccc(Cl)c3)NC2=O)cc1OCC. The molecule has 1 N–H and O–H groups in total. The Labute approximate surface area is 183 Å². The highest BCUT2D eigenvalue weighted by Crippen LogP contribution is 2.38. The number of thioether (sulfide) groups is 1. The first kappa shape index (κ1) is 21.1. The molecule has 0 aromatic heterocycles. The minimum Gasteiger partial charge on any atom is -0.490 e. The largest absolute Gasteiger partial charge is 0.490 e. The molecule has 0 bridgehead atoms. The molecular formula is C21H16Cl2N2O3S. The van der Waals surface area contributed by atoms with E-state index in [9.17, 15) is 4.79 Å². The number of nitrogens with one attached hydrogen (secondary N) is 1.